The van der Waals surface area contributed by atoms with Gasteiger partial charge in [-0.2, -0.15) is 0 Å². The molecule has 0 aliphatic rings. The van der Waals surface area contributed by atoms with Crippen LogP contribution < -0.4 is 10.6 Å². The molecule has 1 aromatic heterocycles. The number of rotatable bonds is 5. The van der Waals surface area contributed by atoms with Crippen LogP contribution in [0, 0.1) is 0 Å². The lowest BCUT2D eigenvalue weighted by molar-refractivity contribution is 0.0522. The number of aromatic amines is 1. The molecule has 0 fully saturated rings. The van der Waals surface area contributed by atoms with E-state index in [1.807, 2.05) is 34.6 Å². The van der Waals surface area contributed by atoms with Crippen LogP contribution in [-0.2, 0) is 4.74 Å². The molecule has 0 bridgehead atoms. The van der Waals surface area contributed by atoms with Gasteiger partial charge in [-0.15, -0.1) is 0 Å². The largest absolute Gasteiger partial charge is 0.444 e. The smallest absolute Gasteiger partial charge is 0.407 e. The average molecular weight is 268 g/mol. The Bertz CT molecular complexity index is 384. The van der Waals surface area contributed by atoms with Crippen LogP contribution in [0.3, 0.4) is 0 Å². The third-order valence-electron chi connectivity index (χ3n) is 2.42. The minimum Gasteiger partial charge on any atom is -0.444 e. The summed E-state index contributed by atoms with van der Waals surface area (Å²) in [5, 5.41) is 6.07. The van der Waals surface area contributed by atoms with Gasteiger partial charge in [0.15, 0.2) is 0 Å². The van der Waals surface area contributed by atoms with Crippen LogP contribution >= 0.6 is 0 Å². The average Bonchev–Trinajstić information content (AvgIpc) is 2.77. The van der Waals surface area contributed by atoms with E-state index in [-0.39, 0.29) is 12.1 Å². The van der Waals surface area contributed by atoms with Crippen LogP contribution in [0.1, 0.15) is 46.5 Å². The van der Waals surface area contributed by atoms with Gasteiger partial charge in [-0.1, -0.05) is 0 Å². The number of nitrogens with one attached hydrogen (secondary N) is 3. The van der Waals surface area contributed by atoms with Crippen molar-refractivity contribution in [1.29, 1.82) is 0 Å². The lowest BCUT2D eigenvalue weighted by Crippen LogP contribution is -2.42. The third kappa shape index (κ3) is 6.24. The van der Waals surface area contributed by atoms with Gasteiger partial charge >= 0.3 is 6.09 Å². The van der Waals surface area contributed by atoms with Gasteiger partial charge < -0.3 is 20.4 Å². The molecule has 1 amide bonds. The number of hydrogen-bond acceptors (Lipinski definition) is 4. The predicted octanol–water partition coefficient (Wildman–Crippen LogP) is 1.97. The SMILES string of the molecule is CC(CNC(=O)OC(C)(C)C)NC(C)c1ncc[nH]1. The molecule has 0 aromatic carbocycles. The first-order chi connectivity index (χ1) is 8.78. The molecule has 0 saturated carbocycles. The molecule has 0 radical (unpaired) electrons. The molecule has 1 aromatic rings. The standard InChI is InChI=1S/C13H24N4O2/c1-9(8-16-12(18)19-13(3,4)5)17-10(2)11-14-6-7-15-11/h6-7,9-10,17H,8H2,1-5H3,(H,14,15)(H,16,18). The van der Waals surface area contributed by atoms with E-state index >= 15 is 0 Å². The highest BCUT2D eigenvalue weighted by Crippen LogP contribution is 2.07. The summed E-state index contributed by atoms with van der Waals surface area (Å²) in [6, 6.07) is 0.220. The molecule has 6 nitrogen and oxygen atoms in total. The van der Waals surface area contributed by atoms with Crippen molar-refractivity contribution in [3.05, 3.63) is 18.2 Å². The van der Waals surface area contributed by atoms with Crippen molar-refractivity contribution >= 4 is 6.09 Å². The Hall–Kier alpha value is -1.56. The Morgan fingerprint density at radius 1 is 1.47 bits per heavy atom. The summed E-state index contributed by atoms with van der Waals surface area (Å²) in [4.78, 5) is 18.7. The van der Waals surface area contributed by atoms with E-state index in [1.54, 1.807) is 12.4 Å². The van der Waals surface area contributed by atoms with E-state index < -0.39 is 11.7 Å². The topological polar surface area (TPSA) is 79.0 Å². The van der Waals surface area contributed by atoms with E-state index in [0.717, 1.165) is 5.82 Å². The van der Waals surface area contributed by atoms with Crippen molar-refractivity contribution in [2.45, 2.75) is 52.3 Å². The molecular formula is C13H24N4O2. The summed E-state index contributed by atoms with van der Waals surface area (Å²) < 4.78 is 5.17. The number of hydrogen-bond donors (Lipinski definition) is 3. The quantitative estimate of drug-likeness (QED) is 0.763. The number of aromatic nitrogens is 2. The molecule has 19 heavy (non-hydrogen) atoms. The number of imidazole rings is 1. The number of ether oxygens (including phenoxy) is 1. The Labute approximate surface area is 114 Å². The molecule has 2 unspecified atom stereocenters. The Morgan fingerprint density at radius 3 is 2.68 bits per heavy atom. The number of nitrogens with zero attached hydrogens (tertiary/aromatic N) is 1. The third-order valence-corrected chi connectivity index (χ3v) is 2.42. The molecule has 0 saturated heterocycles. The predicted molar refractivity (Wildman–Crippen MR) is 73.8 cm³/mol. The summed E-state index contributed by atoms with van der Waals surface area (Å²) >= 11 is 0. The lowest BCUT2D eigenvalue weighted by atomic mass is 10.2. The first-order valence-electron chi connectivity index (χ1n) is 6.50. The highest BCUT2D eigenvalue weighted by atomic mass is 16.6. The maximum absolute atomic E-state index is 11.5. The zero-order valence-electron chi connectivity index (χ0n) is 12.3. The van der Waals surface area contributed by atoms with Crippen molar-refractivity contribution in [2.24, 2.45) is 0 Å². The Balaban J connectivity index is 2.28. The van der Waals surface area contributed by atoms with Crippen molar-refractivity contribution < 1.29 is 9.53 Å². The number of amides is 1. The molecule has 0 aliphatic heterocycles. The normalized spacial score (nSPS) is 14.8. The van der Waals surface area contributed by atoms with Gasteiger partial charge in [0, 0.05) is 25.0 Å². The summed E-state index contributed by atoms with van der Waals surface area (Å²) in [5.41, 5.74) is -0.470. The fourth-order valence-corrected chi connectivity index (χ4v) is 1.63. The number of carbonyl (C=O) groups excluding carboxylic acids is 1. The van der Waals surface area contributed by atoms with E-state index in [4.69, 9.17) is 4.74 Å². The second-order valence-corrected chi connectivity index (χ2v) is 5.65. The summed E-state index contributed by atoms with van der Waals surface area (Å²) in [7, 11) is 0. The van der Waals surface area contributed by atoms with Gasteiger partial charge in [-0.05, 0) is 34.6 Å². The maximum atomic E-state index is 11.5. The molecule has 1 rings (SSSR count). The molecule has 3 N–H and O–H groups in total. The van der Waals surface area contributed by atoms with Gasteiger partial charge in [0.1, 0.15) is 11.4 Å². The van der Waals surface area contributed by atoms with Crippen LogP contribution in [0.5, 0.6) is 0 Å². The number of carbonyl (C=O) groups is 1. The van der Waals surface area contributed by atoms with Crippen LogP contribution in [0.15, 0.2) is 12.4 Å². The molecule has 2 atom stereocenters. The first kappa shape index (κ1) is 15.5. The number of H-pyrrole nitrogens is 1. The van der Waals surface area contributed by atoms with Crippen molar-refractivity contribution in [1.82, 2.24) is 20.6 Å². The van der Waals surface area contributed by atoms with E-state index in [9.17, 15) is 4.79 Å². The fourth-order valence-electron chi connectivity index (χ4n) is 1.63. The van der Waals surface area contributed by atoms with Crippen LogP contribution in [0.4, 0.5) is 4.79 Å². The zero-order valence-corrected chi connectivity index (χ0v) is 12.3. The number of alkyl carbamates (subject to hydrolysis) is 1. The van der Waals surface area contributed by atoms with Crippen LogP contribution in [-0.4, -0.2) is 34.2 Å². The second-order valence-electron chi connectivity index (χ2n) is 5.65. The Kier molecular flexibility index (Phi) is 5.35. The van der Waals surface area contributed by atoms with Gasteiger partial charge in [0.2, 0.25) is 0 Å². The van der Waals surface area contributed by atoms with Gasteiger partial charge in [0.25, 0.3) is 0 Å². The summed E-state index contributed by atoms with van der Waals surface area (Å²) in [6.45, 7) is 10.0. The first-order valence-corrected chi connectivity index (χ1v) is 6.50. The minimum atomic E-state index is -0.470. The summed E-state index contributed by atoms with van der Waals surface area (Å²) in [6.07, 6.45) is 3.11. The van der Waals surface area contributed by atoms with Gasteiger partial charge in [-0.25, -0.2) is 9.78 Å². The highest BCUT2D eigenvalue weighted by molar-refractivity contribution is 5.67. The van der Waals surface area contributed by atoms with Crippen LogP contribution in [0.2, 0.25) is 0 Å². The monoisotopic (exact) mass is 268 g/mol. The van der Waals surface area contributed by atoms with E-state index in [0.29, 0.717) is 6.54 Å². The molecule has 1 heterocycles. The van der Waals surface area contributed by atoms with E-state index in [1.165, 1.54) is 0 Å². The summed E-state index contributed by atoms with van der Waals surface area (Å²) in [5.74, 6) is 0.879. The Morgan fingerprint density at radius 2 is 2.16 bits per heavy atom. The van der Waals surface area contributed by atoms with Gasteiger partial charge in [-0.3, -0.25) is 0 Å². The van der Waals surface area contributed by atoms with E-state index in [2.05, 4.69) is 20.6 Å². The molecular weight excluding hydrogens is 244 g/mol. The lowest BCUT2D eigenvalue weighted by Gasteiger charge is -2.22. The zero-order chi connectivity index (χ0) is 14.5. The second kappa shape index (κ2) is 6.56. The molecule has 108 valence electrons. The minimum absolute atomic E-state index is 0.102. The maximum Gasteiger partial charge on any atom is 0.407 e. The van der Waals surface area contributed by atoms with Crippen molar-refractivity contribution in [3.63, 3.8) is 0 Å². The van der Waals surface area contributed by atoms with Gasteiger partial charge in [0.05, 0.1) is 6.04 Å². The molecule has 6 heteroatoms. The van der Waals surface area contributed by atoms with Crippen molar-refractivity contribution in [3.8, 4) is 0 Å². The fraction of sp³-hybridized carbons (Fsp3) is 0.692. The van der Waals surface area contributed by atoms with Crippen LogP contribution in [0.25, 0.3) is 0 Å². The van der Waals surface area contributed by atoms with Crippen molar-refractivity contribution in [2.75, 3.05) is 6.54 Å². The molecule has 0 spiro atoms. The highest BCUT2D eigenvalue weighted by Gasteiger charge is 2.17. The molecule has 0 aliphatic carbocycles.